The maximum absolute atomic E-state index is 12.2. The Morgan fingerprint density at radius 1 is 0.383 bits per heavy atom. The number of hydrogen-bond acceptors (Lipinski definition) is 19. The summed E-state index contributed by atoms with van der Waals surface area (Å²) in [6.45, 7) is 8.74. The van der Waals surface area contributed by atoms with Crippen molar-refractivity contribution in [3.05, 3.63) is 457 Å². The second-order valence-electron chi connectivity index (χ2n) is 31.1. The number of ether oxygens (including phenoxy) is 7. The van der Waals surface area contributed by atoms with E-state index < -0.39 is 0 Å². The zero-order valence-corrected chi connectivity index (χ0v) is 77.8. The molecule has 21 rings (SSSR count). The van der Waals surface area contributed by atoms with E-state index in [2.05, 4.69) is 142 Å². The topological polar surface area (TPSA) is 283 Å². The molecule has 24 heteroatoms. The molecule has 133 heavy (non-hydrogen) atoms. The highest BCUT2D eigenvalue weighted by atomic mass is 79.9. The van der Waals surface area contributed by atoms with E-state index in [1.54, 1.807) is 164 Å². The van der Waals surface area contributed by atoms with Gasteiger partial charge in [0.1, 0.15) is 50.6 Å². The van der Waals surface area contributed by atoms with Crippen molar-refractivity contribution in [1.29, 1.82) is 5.26 Å². The Bertz CT molecular complexity index is 7160. The first-order valence-electron chi connectivity index (χ1n) is 41.7. The van der Waals surface area contributed by atoms with Crippen molar-refractivity contribution in [2.75, 3.05) is 0 Å². The van der Waals surface area contributed by atoms with Crippen LogP contribution in [0.3, 0.4) is 0 Å². The average molecular weight is 2020 g/mol. The van der Waals surface area contributed by atoms with E-state index in [1.165, 1.54) is 30.0 Å². The number of hydrogen-bond donors (Lipinski definition) is 2. The number of ketones is 7. The van der Waals surface area contributed by atoms with Crippen molar-refractivity contribution < 1.29 is 71.8 Å². The lowest BCUT2D eigenvalue weighted by molar-refractivity contribution is 0.101. The van der Waals surface area contributed by atoms with Crippen LogP contribution in [0.4, 0.5) is 0 Å². The van der Waals surface area contributed by atoms with Gasteiger partial charge in [-0.05, 0) is 246 Å². The number of aromatic hydroxyl groups is 1. The predicted octanol–water partition coefficient (Wildman–Crippen LogP) is 25.9. The summed E-state index contributed by atoms with van der Waals surface area (Å²) in [7, 11) is 0. The molecule has 0 unspecified atom stereocenters. The lowest BCUT2D eigenvalue weighted by Crippen LogP contribution is -2.10. The minimum Gasteiger partial charge on any atom is -0.506 e. The molecule has 656 valence electrons. The molecule has 0 fully saturated rings. The molecule has 0 atom stereocenters. The number of aromatic amines is 1. The molecule has 7 aliphatic rings. The second-order valence-corrected chi connectivity index (χ2v) is 34.6. The monoisotopic (exact) mass is 2010 g/mol. The number of nitrogens with zero attached hydrogens (tertiary/aromatic N) is 4. The van der Waals surface area contributed by atoms with Gasteiger partial charge in [0.25, 0.3) is 0 Å². The lowest BCUT2D eigenvalue weighted by Gasteiger charge is -2.18. The van der Waals surface area contributed by atoms with Crippen LogP contribution in [0.15, 0.2) is 362 Å². The third-order valence-electron chi connectivity index (χ3n) is 20.8. The van der Waals surface area contributed by atoms with Gasteiger partial charge in [0.15, 0.2) is 40.3 Å². The molecule has 20 nitrogen and oxygen atoms in total. The standard InChI is InChI=1S/2C19H18O2.C16H9NO2.C15H8Br2O3.2C14H8BrNO2.C12H8N2O2/c1-19(2,3)14-10-8-13(9-11-14)12-17-18(20)15-6-4-5-7-16(15)21-17;1-2-3-6-14-9-11-15(12-10-14)13-18-19(20)16-7-4-5-8-17(16)21-18;17-10-12-6-2-1-5-11(12)9-15-16(18)13-7-3-4-8-14(13)19-15;16-9-5-8(14(18)11(17)7-9)6-13-15(19)10-3-1-2-4-12(10)20-13;15-13-7-3-4-9(16-13)8-12-14(17)10-5-1-2-6-11(10)18-12;15-9-5-6-10(16-8-9)7-13-14(17)11-3-1-2-4-12(11)18-13;15-12-9-3-1-2-4-10(9)16-11(12)5-8-6-13-7-14-8/h4-12H,1-3H3;4-5,7-13H,2-3,6H2,1H3;1-9H;1-7,18H;2*1-8H;1-7H,(H,13,14)/b17-12-;18-13-;15-9-;13-6-;12-8-;13-7-;11-5-. The number of para-hydroxylation sites is 7. The molecule has 7 aliphatic heterocycles. The van der Waals surface area contributed by atoms with Gasteiger partial charge in [-0.3, -0.25) is 38.5 Å². The first-order chi connectivity index (χ1) is 64.4. The minimum absolute atomic E-state index is 0.0411. The Kier molecular flexibility index (Phi) is 29.5. The van der Waals surface area contributed by atoms with Crippen LogP contribution in [0, 0.1) is 11.3 Å². The number of halogens is 4. The highest BCUT2D eigenvalue weighted by Crippen LogP contribution is 2.41. The minimum atomic E-state index is -0.184. The van der Waals surface area contributed by atoms with E-state index in [0.717, 1.165) is 36.8 Å². The zero-order chi connectivity index (χ0) is 93.2. The second kappa shape index (κ2) is 42.5. The number of carbonyl (C=O) groups is 7. The summed E-state index contributed by atoms with van der Waals surface area (Å²) in [5.41, 5.74) is 12.7. The number of allylic oxidation sites excluding steroid dienone is 7. The van der Waals surface area contributed by atoms with Gasteiger partial charge in [0, 0.05) is 38.9 Å². The van der Waals surface area contributed by atoms with Crippen LogP contribution in [0.1, 0.15) is 169 Å². The van der Waals surface area contributed by atoms with Crippen molar-refractivity contribution in [2.45, 2.75) is 52.4 Å². The number of benzene rings is 11. The molecular weight excluding hydrogens is 1940 g/mol. The highest BCUT2D eigenvalue weighted by molar-refractivity contribution is 9.11. The highest BCUT2D eigenvalue weighted by Gasteiger charge is 2.33. The molecule has 0 saturated heterocycles. The third-order valence-corrected chi connectivity index (χ3v) is 22.7. The summed E-state index contributed by atoms with van der Waals surface area (Å²) >= 11 is 13.2. The Morgan fingerprint density at radius 3 is 1.14 bits per heavy atom. The molecule has 0 spiro atoms. The fourth-order valence-corrected chi connectivity index (χ4v) is 15.8. The summed E-state index contributed by atoms with van der Waals surface area (Å²) < 4.78 is 41.8. The van der Waals surface area contributed by atoms with Crippen LogP contribution in [0.25, 0.3) is 42.5 Å². The number of carbonyl (C=O) groups excluding carboxylic acids is 7. The van der Waals surface area contributed by atoms with E-state index >= 15 is 0 Å². The van der Waals surface area contributed by atoms with Gasteiger partial charge in [-0.15, -0.1) is 0 Å². The van der Waals surface area contributed by atoms with Crippen molar-refractivity contribution in [3.8, 4) is 52.1 Å². The van der Waals surface area contributed by atoms with Crippen molar-refractivity contribution >= 4 is 147 Å². The number of aryl methyl sites for hydroxylation is 1. The van der Waals surface area contributed by atoms with E-state index in [9.17, 15) is 38.7 Å². The van der Waals surface area contributed by atoms with Crippen LogP contribution in [-0.2, 0) is 11.8 Å². The third kappa shape index (κ3) is 22.7. The summed E-state index contributed by atoms with van der Waals surface area (Å²) in [5.74, 6) is 5.73. The molecule has 11 aromatic carbocycles. The fraction of sp³-hybridized carbons (Fsp3) is 0.0734. The number of phenolic OH excluding ortho intramolecular Hbond substituents is 1. The molecule has 3 aromatic heterocycles. The average Bonchev–Trinajstić information content (AvgIpc) is 1.66. The van der Waals surface area contributed by atoms with E-state index in [4.69, 9.17) is 38.4 Å². The molecule has 14 aromatic rings. The van der Waals surface area contributed by atoms with E-state index in [0.29, 0.717) is 141 Å². The van der Waals surface area contributed by atoms with Crippen LogP contribution in [0.5, 0.6) is 46.0 Å². The van der Waals surface area contributed by atoms with Gasteiger partial charge in [-0.2, -0.15) is 5.26 Å². The van der Waals surface area contributed by atoms with Gasteiger partial charge in [-0.25, -0.2) is 9.97 Å². The first kappa shape index (κ1) is 92.3. The summed E-state index contributed by atoms with van der Waals surface area (Å²) in [4.78, 5) is 99.9. The van der Waals surface area contributed by atoms with Crippen LogP contribution in [-0.4, -0.2) is 65.5 Å². The molecule has 0 amide bonds. The van der Waals surface area contributed by atoms with Crippen molar-refractivity contribution in [2.24, 2.45) is 0 Å². The molecule has 2 N–H and O–H groups in total. The van der Waals surface area contributed by atoms with Crippen LogP contribution < -0.4 is 33.2 Å². The number of H-pyrrole nitrogens is 1. The number of unbranched alkanes of at least 4 members (excludes halogenated alkanes) is 1. The summed E-state index contributed by atoms with van der Waals surface area (Å²) in [6, 6.07) is 88.8. The molecular formula is C109H77Br4N5O15. The number of pyridine rings is 2. The normalized spacial score (nSPS) is 15.5. The summed E-state index contributed by atoms with van der Waals surface area (Å²) in [5, 5.41) is 19.0. The van der Waals surface area contributed by atoms with Gasteiger partial charge >= 0.3 is 0 Å². The van der Waals surface area contributed by atoms with Gasteiger partial charge in [0.05, 0.1) is 84.7 Å². The lowest BCUT2D eigenvalue weighted by atomic mass is 9.86. The SMILES string of the molecule is CC(C)(C)c1ccc(/C=C2\Oc3ccccc3C2=O)cc1.CCCCc1ccc(/C=C2\Oc3ccccc3C2=O)cc1.N#Cc1ccccc1/C=C1\Oc2ccccc2C1=O.O=C1/C(=C/c2cc(Br)cc(Br)c2O)Oc2ccccc21.O=C1/C(=C/c2ccc(Br)cn2)Oc2ccccc21.O=C1/C(=C/c2cccc(Br)n2)Oc2ccccc21.O=C1/C(=C/c2cnc[nH]2)Oc2ccccc21. The molecule has 10 heterocycles. The molecule has 0 saturated carbocycles. The maximum Gasteiger partial charge on any atom is 0.232 e. The first-order valence-corrected chi connectivity index (χ1v) is 44.9. The Labute approximate surface area is 799 Å². The van der Waals surface area contributed by atoms with Crippen LogP contribution >= 0.6 is 63.7 Å². The van der Waals surface area contributed by atoms with Crippen molar-refractivity contribution in [3.63, 3.8) is 0 Å². The fourth-order valence-electron chi connectivity index (χ4n) is 13.9. The number of fused-ring (bicyclic) bond motifs is 7. The van der Waals surface area contributed by atoms with Crippen molar-refractivity contribution in [1.82, 2.24) is 19.9 Å². The number of rotatable bonds is 10. The smallest absolute Gasteiger partial charge is 0.232 e. The molecule has 0 aliphatic carbocycles. The Balaban J connectivity index is 0.000000119. The summed E-state index contributed by atoms with van der Waals surface area (Å²) in [6.07, 6.45) is 20.1. The predicted molar refractivity (Wildman–Crippen MR) is 523 cm³/mol. The van der Waals surface area contributed by atoms with Gasteiger partial charge in [-0.1, -0.05) is 208 Å². The van der Waals surface area contributed by atoms with Crippen LogP contribution in [0.2, 0.25) is 0 Å². The van der Waals surface area contributed by atoms with Gasteiger partial charge < -0.3 is 43.2 Å². The largest absolute Gasteiger partial charge is 0.506 e. The number of phenols is 1. The number of imidazole rings is 1. The quantitative estimate of drug-likeness (QED) is 0.0950. The van der Waals surface area contributed by atoms with E-state index in [1.807, 2.05) is 152 Å². The van der Waals surface area contributed by atoms with E-state index in [-0.39, 0.29) is 63.2 Å². The molecule has 0 radical (unpaired) electrons. The van der Waals surface area contributed by atoms with Gasteiger partial charge in [0.2, 0.25) is 40.5 Å². The number of nitrogens with one attached hydrogen (secondary N) is 1. The zero-order valence-electron chi connectivity index (χ0n) is 71.5. The number of Topliss-reactive ketones (excluding diaryl/α,β-unsaturated/α-hetero) is 7. The Morgan fingerprint density at radius 2 is 0.759 bits per heavy atom. The Hall–Kier alpha value is -15.4. The maximum atomic E-state index is 12.2. The number of nitriles is 1. The molecule has 0 bridgehead atoms. The number of aromatic nitrogens is 4.